The second-order valence-corrected chi connectivity index (χ2v) is 5.21. The summed E-state index contributed by atoms with van der Waals surface area (Å²) in [5, 5.41) is 11.4. The number of likely N-dealkylation sites (tertiary alicyclic amines) is 1. The number of carboxylic acid groups (broad SMARTS) is 1. The van der Waals surface area contributed by atoms with Crippen molar-refractivity contribution in [1.82, 2.24) is 4.90 Å². The van der Waals surface area contributed by atoms with Gasteiger partial charge in [0.1, 0.15) is 0 Å². The Morgan fingerprint density at radius 3 is 2.78 bits per heavy atom. The largest absolute Gasteiger partial charge is 0.481 e. The molecule has 0 spiro atoms. The SMILES string of the molecule is COC(=O)c1cccc(NC(=O)N2CCCC(C(=O)O)C2)c1F. The number of hydrogen-bond donors (Lipinski definition) is 2. The first kappa shape index (κ1) is 16.7. The number of hydrogen-bond acceptors (Lipinski definition) is 4. The van der Waals surface area contributed by atoms with Gasteiger partial charge in [-0.1, -0.05) is 6.07 Å². The fourth-order valence-corrected chi connectivity index (χ4v) is 2.45. The van der Waals surface area contributed by atoms with Gasteiger partial charge in [0.05, 0.1) is 24.3 Å². The second kappa shape index (κ2) is 7.08. The number of anilines is 1. The standard InChI is InChI=1S/C15H17FN2O5/c1-23-14(21)10-5-2-6-11(12(10)16)17-15(22)18-7-3-4-9(8-18)13(19)20/h2,5-6,9H,3-4,7-8H2,1H3,(H,17,22)(H,19,20). The van der Waals surface area contributed by atoms with Gasteiger partial charge in [0, 0.05) is 13.1 Å². The van der Waals surface area contributed by atoms with E-state index in [4.69, 9.17) is 5.11 Å². The number of aliphatic carboxylic acids is 1. The highest BCUT2D eigenvalue weighted by atomic mass is 19.1. The van der Waals surface area contributed by atoms with E-state index in [1.165, 1.54) is 23.1 Å². The number of rotatable bonds is 3. The minimum Gasteiger partial charge on any atom is -0.481 e. The third kappa shape index (κ3) is 3.77. The number of benzene rings is 1. The lowest BCUT2D eigenvalue weighted by atomic mass is 9.99. The van der Waals surface area contributed by atoms with Crippen LogP contribution in [-0.2, 0) is 9.53 Å². The van der Waals surface area contributed by atoms with E-state index >= 15 is 0 Å². The van der Waals surface area contributed by atoms with Crippen LogP contribution in [0.1, 0.15) is 23.2 Å². The Balaban J connectivity index is 2.11. The molecule has 0 aromatic heterocycles. The monoisotopic (exact) mass is 324 g/mol. The van der Waals surface area contributed by atoms with Gasteiger partial charge in [-0.3, -0.25) is 4.79 Å². The first-order valence-electron chi connectivity index (χ1n) is 7.09. The molecule has 1 aliphatic rings. The number of amides is 2. The molecule has 0 radical (unpaired) electrons. The average molecular weight is 324 g/mol. The highest BCUT2D eigenvalue weighted by Gasteiger charge is 2.28. The minimum atomic E-state index is -0.957. The molecule has 2 rings (SSSR count). The molecular formula is C15H17FN2O5. The van der Waals surface area contributed by atoms with E-state index in [9.17, 15) is 18.8 Å². The Bertz CT molecular complexity index is 634. The smallest absolute Gasteiger partial charge is 0.340 e. The van der Waals surface area contributed by atoms with Gasteiger partial charge in [0.15, 0.2) is 5.82 Å². The zero-order valence-electron chi connectivity index (χ0n) is 12.5. The molecule has 0 saturated carbocycles. The number of urea groups is 1. The molecule has 0 aliphatic carbocycles. The zero-order valence-corrected chi connectivity index (χ0v) is 12.5. The van der Waals surface area contributed by atoms with Crippen molar-refractivity contribution in [2.24, 2.45) is 5.92 Å². The second-order valence-electron chi connectivity index (χ2n) is 5.21. The first-order chi connectivity index (χ1) is 10.9. The summed E-state index contributed by atoms with van der Waals surface area (Å²) in [6.07, 6.45) is 1.07. The molecule has 8 heteroatoms. The van der Waals surface area contributed by atoms with Crippen molar-refractivity contribution in [3.8, 4) is 0 Å². The van der Waals surface area contributed by atoms with Gasteiger partial charge in [-0.15, -0.1) is 0 Å². The highest BCUT2D eigenvalue weighted by Crippen LogP contribution is 2.21. The first-order valence-corrected chi connectivity index (χ1v) is 7.09. The van der Waals surface area contributed by atoms with E-state index in [-0.39, 0.29) is 17.8 Å². The van der Waals surface area contributed by atoms with Crippen LogP contribution in [0.15, 0.2) is 18.2 Å². The fourth-order valence-electron chi connectivity index (χ4n) is 2.45. The molecule has 1 aromatic rings. The summed E-state index contributed by atoms with van der Waals surface area (Å²) in [5.41, 5.74) is -0.442. The van der Waals surface area contributed by atoms with E-state index in [2.05, 4.69) is 10.1 Å². The summed E-state index contributed by atoms with van der Waals surface area (Å²) in [7, 11) is 1.13. The van der Waals surface area contributed by atoms with Crippen LogP contribution < -0.4 is 5.32 Å². The van der Waals surface area contributed by atoms with Crippen molar-refractivity contribution >= 4 is 23.7 Å². The number of nitrogens with one attached hydrogen (secondary N) is 1. The summed E-state index contributed by atoms with van der Waals surface area (Å²) in [6.45, 7) is 0.466. The molecule has 1 aliphatic heterocycles. The van der Waals surface area contributed by atoms with Gasteiger partial charge in [-0.2, -0.15) is 0 Å². The quantitative estimate of drug-likeness (QED) is 0.828. The normalized spacial score (nSPS) is 17.5. The summed E-state index contributed by atoms with van der Waals surface area (Å²) in [4.78, 5) is 36.0. The maximum absolute atomic E-state index is 14.2. The molecule has 1 saturated heterocycles. The lowest BCUT2D eigenvalue weighted by molar-refractivity contribution is -0.143. The molecule has 1 aromatic carbocycles. The fraction of sp³-hybridized carbons (Fsp3) is 0.400. The molecule has 1 unspecified atom stereocenters. The molecule has 1 heterocycles. The van der Waals surface area contributed by atoms with Crippen LogP contribution in [0.2, 0.25) is 0 Å². The van der Waals surface area contributed by atoms with Gasteiger partial charge in [0.2, 0.25) is 0 Å². The number of nitrogens with zero attached hydrogens (tertiary/aromatic N) is 1. The summed E-state index contributed by atoms with van der Waals surface area (Å²) in [5.74, 6) is -3.32. The predicted octanol–water partition coefficient (Wildman–Crippen LogP) is 1.94. The summed E-state index contributed by atoms with van der Waals surface area (Å²) >= 11 is 0. The number of carboxylic acids is 1. The van der Waals surface area contributed by atoms with Crippen LogP contribution in [0.4, 0.5) is 14.9 Å². The van der Waals surface area contributed by atoms with E-state index in [1.54, 1.807) is 0 Å². The van der Waals surface area contributed by atoms with Crippen molar-refractivity contribution < 1.29 is 28.6 Å². The third-order valence-corrected chi connectivity index (χ3v) is 3.70. The van der Waals surface area contributed by atoms with Gasteiger partial charge in [-0.05, 0) is 25.0 Å². The molecule has 1 fully saturated rings. The number of halogens is 1. The lowest BCUT2D eigenvalue weighted by Gasteiger charge is -2.30. The Kier molecular flexibility index (Phi) is 5.15. The number of carbonyl (C=O) groups is 3. The van der Waals surface area contributed by atoms with E-state index in [1.807, 2.05) is 0 Å². The summed E-state index contributed by atoms with van der Waals surface area (Å²) in [6, 6.07) is 3.38. The molecule has 23 heavy (non-hydrogen) atoms. The Morgan fingerprint density at radius 2 is 2.13 bits per heavy atom. The van der Waals surface area contributed by atoms with Gasteiger partial charge in [0.25, 0.3) is 0 Å². The summed E-state index contributed by atoms with van der Waals surface area (Å²) < 4.78 is 18.7. The van der Waals surface area contributed by atoms with E-state index in [0.29, 0.717) is 19.4 Å². The van der Waals surface area contributed by atoms with Gasteiger partial charge < -0.3 is 20.1 Å². The molecular weight excluding hydrogens is 307 g/mol. The molecule has 2 amide bonds. The maximum Gasteiger partial charge on any atom is 0.340 e. The zero-order chi connectivity index (χ0) is 17.0. The number of piperidine rings is 1. The van der Waals surface area contributed by atoms with Crippen LogP contribution in [-0.4, -0.2) is 48.2 Å². The van der Waals surface area contributed by atoms with Crippen LogP contribution in [0.25, 0.3) is 0 Å². The van der Waals surface area contributed by atoms with Crippen molar-refractivity contribution in [3.05, 3.63) is 29.6 Å². The number of esters is 1. The van der Waals surface area contributed by atoms with Gasteiger partial charge >= 0.3 is 18.0 Å². The van der Waals surface area contributed by atoms with Crippen LogP contribution in [0, 0.1) is 11.7 Å². The van der Waals surface area contributed by atoms with Crippen LogP contribution >= 0.6 is 0 Å². The topological polar surface area (TPSA) is 95.9 Å². The van der Waals surface area contributed by atoms with Crippen molar-refractivity contribution in [2.45, 2.75) is 12.8 Å². The Morgan fingerprint density at radius 1 is 1.39 bits per heavy atom. The van der Waals surface area contributed by atoms with E-state index < -0.39 is 29.7 Å². The molecule has 124 valence electrons. The van der Waals surface area contributed by atoms with Crippen molar-refractivity contribution in [1.29, 1.82) is 0 Å². The van der Waals surface area contributed by atoms with Crippen LogP contribution in [0.3, 0.4) is 0 Å². The van der Waals surface area contributed by atoms with E-state index in [0.717, 1.165) is 7.11 Å². The minimum absolute atomic E-state index is 0.0689. The maximum atomic E-state index is 14.2. The lowest BCUT2D eigenvalue weighted by Crippen LogP contribution is -2.44. The van der Waals surface area contributed by atoms with Crippen molar-refractivity contribution in [2.75, 3.05) is 25.5 Å². The number of carbonyl (C=O) groups excluding carboxylic acids is 2. The Labute approximate surface area is 132 Å². The number of ether oxygens (including phenoxy) is 1. The predicted molar refractivity (Wildman–Crippen MR) is 78.7 cm³/mol. The molecule has 0 bridgehead atoms. The third-order valence-electron chi connectivity index (χ3n) is 3.70. The van der Waals surface area contributed by atoms with Gasteiger partial charge in [-0.25, -0.2) is 14.0 Å². The van der Waals surface area contributed by atoms with Crippen molar-refractivity contribution in [3.63, 3.8) is 0 Å². The molecule has 7 nitrogen and oxygen atoms in total. The highest BCUT2D eigenvalue weighted by molar-refractivity contribution is 5.94. The number of methoxy groups -OCH3 is 1. The molecule has 1 atom stereocenters. The van der Waals surface area contributed by atoms with Crippen LogP contribution in [0.5, 0.6) is 0 Å². The Hall–Kier alpha value is -2.64. The average Bonchev–Trinajstić information content (AvgIpc) is 2.56. The molecule has 2 N–H and O–H groups in total.